The van der Waals surface area contributed by atoms with Gasteiger partial charge in [0.15, 0.2) is 6.10 Å². The van der Waals surface area contributed by atoms with E-state index in [0.717, 1.165) is 0 Å². The lowest BCUT2D eigenvalue weighted by molar-refractivity contribution is -0.129. The summed E-state index contributed by atoms with van der Waals surface area (Å²) in [6.07, 6.45) is 0.381. The lowest BCUT2D eigenvalue weighted by Gasteiger charge is -2.14. The number of carbonyl (C=O) groups is 2. The molecule has 1 amide bonds. The van der Waals surface area contributed by atoms with Crippen LogP contribution in [0.3, 0.4) is 0 Å². The zero-order valence-electron chi connectivity index (χ0n) is 13.3. The van der Waals surface area contributed by atoms with E-state index in [2.05, 4.69) is 15.5 Å². The van der Waals surface area contributed by atoms with Crippen molar-refractivity contribution in [3.05, 3.63) is 36.2 Å². The maximum absolute atomic E-state index is 12.0. The number of amides is 1. The molecule has 2 aromatic rings. The van der Waals surface area contributed by atoms with Gasteiger partial charge in [0.25, 0.3) is 5.91 Å². The minimum Gasteiger partial charge on any atom is -0.449 e. The van der Waals surface area contributed by atoms with Crippen molar-refractivity contribution in [2.45, 2.75) is 26.9 Å². The van der Waals surface area contributed by atoms with Gasteiger partial charge in [-0.3, -0.25) is 4.79 Å². The second kappa shape index (κ2) is 7.53. The summed E-state index contributed by atoms with van der Waals surface area (Å²) >= 11 is 0. The SMILES string of the molecule is CC(C)CNC(=O)[C@H](C)OC(=O)c1ccc(-c2nnco2)cc1. The summed E-state index contributed by atoms with van der Waals surface area (Å²) in [6, 6.07) is 6.52. The molecular weight excluding hydrogens is 298 g/mol. The standard InChI is InChI=1S/C16H19N3O4/c1-10(2)8-17-14(20)11(3)23-16(21)13-6-4-12(5-7-13)15-19-18-9-22-15/h4-7,9-11H,8H2,1-3H3,(H,17,20)/t11-/m0/s1. The van der Waals surface area contributed by atoms with Crippen molar-refractivity contribution in [2.75, 3.05) is 6.54 Å². The van der Waals surface area contributed by atoms with Crippen LogP contribution in [0.4, 0.5) is 0 Å². The molecule has 0 aliphatic heterocycles. The fourth-order valence-electron chi connectivity index (χ4n) is 1.78. The molecule has 0 aliphatic rings. The summed E-state index contributed by atoms with van der Waals surface area (Å²) in [5.74, 6) is -0.172. The van der Waals surface area contributed by atoms with Crippen LogP contribution in [0.2, 0.25) is 0 Å². The Hall–Kier alpha value is -2.70. The maximum Gasteiger partial charge on any atom is 0.338 e. The van der Waals surface area contributed by atoms with Gasteiger partial charge in [-0.2, -0.15) is 0 Å². The number of ether oxygens (including phenoxy) is 1. The van der Waals surface area contributed by atoms with Crippen LogP contribution in [-0.4, -0.2) is 34.7 Å². The number of hydrogen-bond donors (Lipinski definition) is 1. The normalized spacial score (nSPS) is 12.0. The molecule has 2 rings (SSSR count). The average Bonchev–Trinajstić information content (AvgIpc) is 3.07. The smallest absolute Gasteiger partial charge is 0.338 e. The van der Waals surface area contributed by atoms with E-state index in [1.54, 1.807) is 31.2 Å². The van der Waals surface area contributed by atoms with E-state index in [-0.39, 0.29) is 5.91 Å². The van der Waals surface area contributed by atoms with Crippen molar-refractivity contribution >= 4 is 11.9 Å². The monoisotopic (exact) mass is 317 g/mol. The molecule has 1 aromatic heterocycles. The molecule has 0 unspecified atom stereocenters. The third kappa shape index (κ3) is 4.64. The van der Waals surface area contributed by atoms with Crippen LogP contribution >= 0.6 is 0 Å². The Labute approximate surface area is 134 Å². The molecule has 7 heteroatoms. The Morgan fingerprint density at radius 2 is 1.91 bits per heavy atom. The van der Waals surface area contributed by atoms with Crippen LogP contribution in [-0.2, 0) is 9.53 Å². The van der Waals surface area contributed by atoms with Crippen molar-refractivity contribution < 1.29 is 18.7 Å². The zero-order chi connectivity index (χ0) is 16.8. The van der Waals surface area contributed by atoms with Crippen LogP contribution in [0.15, 0.2) is 35.1 Å². The van der Waals surface area contributed by atoms with Crippen molar-refractivity contribution in [1.82, 2.24) is 15.5 Å². The number of aromatic nitrogens is 2. The Morgan fingerprint density at radius 1 is 1.22 bits per heavy atom. The molecule has 1 atom stereocenters. The predicted molar refractivity (Wildman–Crippen MR) is 82.5 cm³/mol. The van der Waals surface area contributed by atoms with Crippen LogP contribution < -0.4 is 5.32 Å². The predicted octanol–water partition coefficient (Wildman–Crippen LogP) is 2.05. The quantitative estimate of drug-likeness (QED) is 0.819. The van der Waals surface area contributed by atoms with Crippen molar-refractivity contribution in [3.8, 4) is 11.5 Å². The maximum atomic E-state index is 12.0. The highest BCUT2D eigenvalue weighted by Crippen LogP contribution is 2.17. The first-order valence-corrected chi connectivity index (χ1v) is 7.32. The minimum absolute atomic E-state index is 0.311. The molecule has 122 valence electrons. The van der Waals surface area contributed by atoms with Gasteiger partial charge in [0.2, 0.25) is 12.3 Å². The van der Waals surface area contributed by atoms with E-state index in [1.165, 1.54) is 6.39 Å². The lowest BCUT2D eigenvalue weighted by atomic mass is 10.1. The van der Waals surface area contributed by atoms with Crippen molar-refractivity contribution in [3.63, 3.8) is 0 Å². The topological polar surface area (TPSA) is 94.3 Å². The molecule has 7 nitrogen and oxygen atoms in total. The number of benzene rings is 1. The van der Waals surface area contributed by atoms with Gasteiger partial charge < -0.3 is 14.5 Å². The van der Waals surface area contributed by atoms with E-state index in [4.69, 9.17) is 9.15 Å². The second-order valence-corrected chi connectivity index (χ2v) is 5.51. The van der Waals surface area contributed by atoms with Gasteiger partial charge in [-0.25, -0.2) is 4.79 Å². The summed E-state index contributed by atoms with van der Waals surface area (Å²) in [5.41, 5.74) is 1.04. The second-order valence-electron chi connectivity index (χ2n) is 5.51. The Kier molecular flexibility index (Phi) is 5.46. The van der Waals surface area contributed by atoms with Gasteiger partial charge in [-0.1, -0.05) is 13.8 Å². The Balaban J connectivity index is 1.94. The first-order valence-electron chi connectivity index (χ1n) is 7.32. The molecule has 0 bridgehead atoms. The van der Waals surface area contributed by atoms with Gasteiger partial charge in [-0.05, 0) is 37.1 Å². The fourth-order valence-corrected chi connectivity index (χ4v) is 1.78. The van der Waals surface area contributed by atoms with Crippen LogP contribution in [0.25, 0.3) is 11.5 Å². The molecule has 0 spiro atoms. The van der Waals surface area contributed by atoms with Crippen molar-refractivity contribution in [2.24, 2.45) is 5.92 Å². The summed E-state index contributed by atoms with van der Waals surface area (Å²) in [6.45, 7) is 6.06. The number of rotatable bonds is 6. The highest BCUT2D eigenvalue weighted by molar-refractivity contribution is 5.92. The number of hydrogen-bond acceptors (Lipinski definition) is 6. The summed E-state index contributed by atoms with van der Waals surface area (Å²) in [7, 11) is 0. The van der Waals surface area contributed by atoms with E-state index >= 15 is 0 Å². The Morgan fingerprint density at radius 3 is 2.48 bits per heavy atom. The van der Waals surface area contributed by atoms with E-state index < -0.39 is 12.1 Å². The molecule has 1 N–H and O–H groups in total. The molecule has 23 heavy (non-hydrogen) atoms. The van der Waals surface area contributed by atoms with Crippen LogP contribution in [0.5, 0.6) is 0 Å². The Bertz CT molecular complexity index is 650. The summed E-state index contributed by atoms with van der Waals surface area (Å²) in [5, 5.41) is 10.1. The van der Waals surface area contributed by atoms with Gasteiger partial charge in [0, 0.05) is 12.1 Å². The molecular formula is C16H19N3O4. The first kappa shape index (κ1) is 16.7. The lowest BCUT2D eigenvalue weighted by Crippen LogP contribution is -2.37. The van der Waals surface area contributed by atoms with E-state index in [1.807, 2.05) is 13.8 Å². The van der Waals surface area contributed by atoms with Gasteiger partial charge in [0.05, 0.1) is 5.56 Å². The molecule has 0 fully saturated rings. The third-order valence-corrected chi connectivity index (χ3v) is 3.07. The van der Waals surface area contributed by atoms with Gasteiger partial charge >= 0.3 is 5.97 Å². The number of nitrogens with one attached hydrogen (secondary N) is 1. The van der Waals surface area contributed by atoms with Gasteiger partial charge in [-0.15, -0.1) is 10.2 Å². The summed E-state index contributed by atoms with van der Waals surface area (Å²) in [4.78, 5) is 23.8. The number of carbonyl (C=O) groups excluding carboxylic acids is 2. The van der Waals surface area contributed by atoms with Crippen LogP contribution in [0.1, 0.15) is 31.1 Å². The highest BCUT2D eigenvalue weighted by atomic mass is 16.5. The largest absolute Gasteiger partial charge is 0.449 e. The highest BCUT2D eigenvalue weighted by Gasteiger charge is 2.19. The zero-order valence-corrected chi connectivity index (χ0v) is 13.3. The van der Waals surface area contributed by atoms with Crippen molar-refractivity contribution in [1.29, 1.82) is 0 Å². The third-order valence-electron chi connectivity index (χ3n) is 3.07. The first-order chi connectivity index (χ1) is 11.0. The number of nitrogens with zero attached hydrogens (tertiary/aromatic N) is 2. The summed E-state index contributed by atoms with van der Waals surface area (Å²) < 4.78 is 10.2. The molecule has 0 saturated heterocycles. The molecule has 1 heterocycles. The molecule has 0 radical (unpaired) electrons. The van der Waals surface area contributed by atoms with Gasteiger partial charge in [0.1, 0.15) is 0 Å². The fraction of sp³-hybridized carbons (Fsp3) is 0.375. The molecule has 1 aromatic carbocycles. The number of esters is 1. The minimum atomic E-state index is -0.850. The average molecular weight is 317 g/mol. The van der Waals surface area contributed by atoms with E-state index in [0.29, 0.717) is 29.5 Å². The van der Waals surface area contributed by atoms with E-state index in [9.17, 15) is 9.59 Å². The molecule has 0 saturated carbocycles. The molecule has 0 aliphatic carbocycles. The van der Waals surface area contributed by atoms with Crippen LogP contribution in [0, 0.1) is 5.92 Å².